The van der Waals surface area contributed by atoms with Gasteiger partial charge >= 0.3 is 0 Å². The standard InChI is InChI=1S/C13H20FN/c1-3-6-11-7-5-8-12(9-11)13(14,4-2)10-15/h5,7-9H,3-4,6,10,15H2,1-2H3. The van der Waals surface area contributed by atoms with Gasteiger partial charge in [0.05, 0.1) is 0 Å². The molecule has 15 heavy (non-hydrogen) atoms. The molecule has 0 saturated carbocycles. The molecule has 1 nitrogen and oxygen atoms in total. The zero-order chi connectivity index (χ0) is 11.3. The van der Waals surface area contributed by atoms with Crippen molar-refractivity contribution in [1.29, 1.82) is 0 Å². The minimum absolute atomic E-state index is 0.0546. The zero-order valence-electron chi connectivity index (χ0n) is 9.59. The summed E-state index contributed by atoms with van der Waals surface area (Å²) in [6, 6.07) is 7.73. The summed E-state index contributed by atoms with van der Waals surface area (Å²) in [4.78, 5) is 0. The van der Waals surface area contributed by atoms with Crippen LogP contribution in [0.2, 0.25) is 0 Å². The fourth-order valence-corrected chi connectivity index (χ4v) is 1.76. The summed E-state index contributed by atoms with van der Waals surface area (Å²) in [5.74, 6) is 0. The van der Waals surface area contributed by atoms with Crippen LogP contribution in [0.1, 0.15) is 37.8 Å². The monoisotopic (exact) mass is 209 g/mol. The quantitative estimate of drug-likeness (QED) is 0.792. The first kappa shape index (κ1) is 12.2. The molecule has 1 aromatic carbocycles. The van der Waals surface area contributed by atoms with Crippen molar-refractivity contribution in [1.82, 2.24) is 0 Å². The molecule has 0 fully saturated rings. The van der Waals surface area contributed by atoms with Crippen LogP contribution >= 0.6 is 0 Å². The van der Waals surface area contributed by atoms with Crippen LogP contribution in [-0.2, 0) is 12.1 Å². The molecule has 1 unspecified atom stereocenters. The Balaban J connectivity index is 2.98. The number of benzene rings is 1. The highest BCUT2D eigenvalue weighted by Gasteiger charge is 2.27. The van der Waals surface area contributed by atoms with E-state index < -0.39 is 5.67 Å². The van der Waals surface area contributed by atoms with Crippen LogP contribution in [0.4, 0.5) is 4.39 Å². The van der Waals surface area contributed by atoms with Crippen molar-refractivity contribution >= 4 is 0 Å². The van der Waals surface area contributed by atoms with Crippen molar-refractivity contribution in [2.75, 3.05) is 6.54 Å². The third-order valence-corrected chi connectivity index (χ3v) is 2.87. The average molecular weight is 209 g/mol. The number of aryl methyl sites for hydroxylation is 1. The highest BCUT2D eigenvalue weighted by Crippen LogP contribution is 2.29. The summed E-state index contributed by atoms with van der Waals surface area (Å²) in [7, 11) is 0. The van der Waals surface area contributed by atoms with Gasteiger partial charge in [-0.1, -0.05) is 44.5 Å². The number of nitrogens with two attached hydrogens (primary N) is 1. The van der Waals surface area contributed by atoms with Gasteiger partial charge < -0.3 is 5.73 Å². The molecule has 0 saturated heterocycles. The second kappa shape index (κ2) is 5.26. The normalized spacial score (nSPS) is 14.9. The van der Waals surface area contributed by atoms with E-state index in [0.717, 1.165) is 18.4 Å². The minimum atomic E-state index is -1.36. The molecule has 1 aromatic rings. The Morgan fingerprint density at radius 3 is 2.60 bits per heavy atom. The maximum atomic E-state index is 14.3. The molecule has 1 atom stereocenters. The zero-order valence-corrected chi connectivity index (χ0v) is 9.59. The van der Waals surface area contributed by atoms with Crippen LogP contribution < -0.4 is 5.73 Å². The Morgan fingerprint density at radius 1 is 1.33 bits per heavy atom. The molecule has 84 valence electrons. The van der Waals surface area contributed by atoms with Crippen molar-refractivity contribution in [3.63, 3.8) is 0 Å². The van der Waals surface area contributed by atoms with Gasteiger partial charge in [0.25, 0.3) is 0 Å². The van der Waals surface area contributed by atoms with Crippen LogP contribution in [0.25, 0.3) is 0 Å². The molecular formula is C13H20FN. The van der Waals surface area contributed by atoms with Gasteiger partial charge in [0.2, 0.25) is 0 Å². The topological polar surface area (TPSA) is 26.0 Å². The van der Waals surface area contributed by atoms with Crippen LogP contribution in [0, 0.1) is 0 Å². The van der Waals surface area contributed by atoms with Crippen molar-refractivity contribution in [3.8, 4) is 0 Å². The van der Waals surface area contributed by atoms with Gasteiger partial charge in [-0.25, -0.2) is 4.39 Å². The summed E-state index contributed by atoms with van der Waals surface area (Å²) in [6.07, 6.45) is 2.51. The maximum Gasteiger partial charge on any atom is 0.147 e. The van der Waals surface area contributed by atoms with Crippen LogP contribution in [-0.4, -0.2) is 6.54 Å². The van der Waals surface area contributed by atoms with E-state index in [2.05, 4.69) is 6.92 Å². The Bertz CT molecular complexity index is 305. The molecule has 2 N–H and O–H groups in total. The first-order valence-electron chi connectivity index (χ1n) is 5.64. The van der Waals surface area contributed by atoms with Gasteiger partial charge in [-0.2, -0.15) is 0 Å². The fraction of sp³-hybridized carbons (Fsp3) is 0.538. The van der Waals surface area contributed by atoms with Crippen molar-refractivity contribution in [3.05, 3.63) is 35.4 Å². The van der Waals surface area contributed by atoms with Crippen LogP contribution in [0.15, 0.2) is 24.3 Å². The Hall–Kier alpha value is -0.890. The highest BCUT2D eigenvalue weighted by atomic mass is 19.1. The Labute approximate surface area is 91.5 Å². The summed E-state index contributed by atoms with van der Waals surface area (Å²) >= 11 is 0. The molecule has 0 spiro atoms. The summed E-state index contributed by atoms with van der Waals surface area (Å²) in [6.45, 7) is 4.01. The lowest BCUT2D eigenvalue weighted by Gasteiger charge is -2.22. The molecule has 0 aromatic heterocycles. The van der Waals surface area contributed by atoms with E-state index in [1.54, 1.807) is 0 Å². The number of halogens is 1. The molecule has 0 amide bonds. The third-order valence-electron chi connectivity index (χ3n) is 2.87. The van der Waals surface area contributed by atoms with E-state index in [1.165, 1.54) is 5.56 Å². The first-order valence-corrected chi connectivity index (χ1v) is 5.64. The molecule has 0 aliphatic carbocycles. The number of rotatable bonds is 5. The van der Waals surface area contributed by atoms with Crippen LogP contribution in [0.5, 0.6) is 0 Å². The molecule has 0 heterocycles. The minimum Gasteiger partial charge on any atom is -0.327 e. The van der Waals surface area contributed by atoms with E-state index in [1.807, 2.05) is 31.2 Å². The highest BCUT2D eigenvalue weighted by molar-refractivity contribution is 5.28. The fourth-order valence-electron chi connectivity index (χ4n) is 1.76. The lowest BCUT2D eigenvalue weighted by Crippen LogP contribution is -2.29. The maximum absolute atomic E-state index is 14.3. The van der Waals surface area contributed by atoms with Gasteiger partial charge in [0.15, 0.2) is 0 Å². The summed E-state index contributed by atoms with van der Waals surface area (Å²) in [5, 5.41) is 0. The molecule has 1 rings (SSSR count). The largest absolute Gasteiger partial charge is 0.327 e. The lowest BCUT2D eigenvalue weighted by molar-refractivity contribution is 0.169. The van der Waals surface area contributed by atoms with E-state index in [0.29, 0.717) is 6.42 Å². The van der Waals surface area contributed by atoms with E-state index in [9.17, 15) is 4.39 Å². The predicted molar refractivity (Wildman–Crippen MR) is 62.6 cm³/mol. The van der Waals surface area contributed by atoms with E-state index >= 15 is 0 Å². The number of hydrogen-bond donors (Lipinski definition) is 1. The van der Waals surface area contributed by atoms with Gasteiger partial charge in [0, 0.05) is 6.54 Å². The predicted octanol–water partition coefficient (Wildman–Crippen LogP) is 3.17. The molecule has 0 bridgehead atoms. The van der Waals surface area contributed by atoms with Crippen molar-refractivity contribution < 1.29 is 4.39 Å². The third kappa shape index (κ3) is 2.78. The second-order valence-electron chi connectivity index (χ2n) is 3.97. The summed E-state index contributed by atoms with van der Waals surface area (Å²) < 4.78 is 14.3. The SMILES string of the molecule is CCCc1cccc(C(F)(CC)CN)c1. The van der Waals surface area contributed by atoms with Gasteiger partial charge in [0.1, 0.15) is 5.67 Å². The van der Waals surface area contributed by atoms with Crippen LogP contribution in [0.3, 0.4) is 0 Å². The molecule has 0 aliphatic rings. The lowest BCUT2D eigenvalue weighted by atomic mass is 9.91. The Morgan fingerprint density at radius 2 is 2.07 bits per heavy atom. The van der Waals surface area contributed by atoms with Crippen molar-refractivity contribution in [2.45, 2.75) is 38.8 Å². The smallest absolute Gasteiger partial charge is 0.147 e. The molecule has 0 aliphatic heterocycles. The Kier molecular flexibility index (Phi) is 4.28. The summed E-state index contributed by atoms with van der Waals surface area (Å²) in [5.41, 5.74) is 6.06. The van der Waals surface area contributed by atoms with Gasteiger partial charge in [-0.05, 0) is 24.0 Å². The molecule has 0 radical (unpaired) electrons. The molecule has 2 heteroatoms. The van der Waals surface area contributed by atoms with Gasteiger partial charge in [-0.15, -0.1) is 0 Å². The van der Waals surface area contributed by atoms with Gasteiger partial charge in [-0.3, -0.25) is 0 Å². The second-order valence-corrected chi connectivity index (χ2v) is 3.97. The number of alkyl halides is 1. The van der Waals surface area contributed by atoms with E-state index in [-0.39, 0.29) is 6.54 Å². The van der Waals surface area contributed by atoms with Crippen molar-refractivity contribution in [2.24, 2.45) is 5.73 Å². The average Bonchev–Trinajstić information content (AvgIpc) is 2.29. The first-order chi connectivity index (χ1) is 7.16. The molecular weight excluding hydrogens is 189 g/mol. The number of hydrogen-bond acceptors (Lipinski definition) is 1. The van der Waals surface area contributed by atoms with E-state index in [4.69, 9.17) is 5.73 Å².